The first-order valence-electron chi connectivity index (χ1n) is 7.55. The SMILES string of the molecule is CCCn1cc(C(CC(C)CC(C)(C)C)NC)cn1. The van der Waals surface area contributed by atoms with E-state index >= 15 is 0 Å². The van der Waals surface area contributed by atoms with Crippen LogP contribution >= 0.6 is 0 Å². The average Bonchev–Trinajstić information content (AvgIpc) is 2.72. The molecule has 0 aliphatic rings. The molecule has 0 aromatic carbocycles. The van der Waals surface area contributed by atoms with Gasteiger partial charge in [-0.1, -0.05) is 34.6 Å². The minimum atomic E-state index is 0.407. The average molecular weight is 265 g/mol. The molecule has 0 radical (unpaired) electrons. The molecule has 0 fully saturated rings. The fourth-order valence-electron chi connectivity index (χ4n) is 2.86. The Bertz CT molecular complexity index is 362. The zero-order valence-corrected chi connectivity index (χ0v) is 13.5. The maximum absolute atomic E-state index is 4.43. The monoisotopic (exact) mass is 265 g/mol. The van der Waals surface area contributed by atoms with Crippen LogP contribution in [0, 0.1) is 11.3 Å². The van der Waals surface area contributed by atoms with Crippen LogP contribution in [0.1, 0.15) is 65.5 Å². The Morgan fingerprint density at radius 1 is 1.37 bits per heavy atom. The van der Waals surface area contributed by atoms with Gasteiger partial charge < -0.3 is 5.32 Å². The van der Waals surface area contributed by atoms with Crippen LogP contribution in [0.5, 0.6) is 0 Å². The van der Waals surface area contributed by atoms with Gasteiger partial charge in [-0.3, -0.25) is 4.68 Å². The number of nitrogens with zero attached hydrogens (tertiary/aromatic N) is 2. The molecule has 1 aromatic heterocycles. The van der Waals surface area contributed by atoms with E-state index in [2.05, 4.69) is 51.2 Å². The number of aromatic nitrogens is 2. The molecule has 19 heavy (non-hydrogen) atoms. The lowest BCUT2D eigenvalue weighted by Gasteiger charge is -2.26. The van der Waals surface area contributed by atoms with Gasteiger partial charge in [0.2, 0.25) is 0 Å². The van der Waals surface area contributed by atoms with Gasteiger partial charge in [0.25, 0.3) is 0 Å². The zero-order chi connectivity index (χ0) is 14.5. The van der Waals surface area contributed by atoms with E-state index in [4.69, 9.17) is 0 Å². The van der Waals surface area contributed by atoms with Crippen molar-refractivity contribution in [3.63, 3.8) is 0 Å². The van der Waals surface area contributed by atoms with E-state index in [1.165, 1.54) is 18.4 Å². The van der Waals surface area contributed by atoms with Crippen molar-refractivity contribution in [3.8, 4) is 0 Å². The topological polar surface area (TPSA) is 29.9 Å². The first-order chi connectivity index (χ1) is 8.85. The Hall–Kier alpha value is -0.830. The van der Waals surface area contributed by atoms with Gasteiger partial charge in [0.1, 0.15) is 0 Å². The molecule has 1 rings (SSSR count). The minimum absolute atomic E-state index is 0.407. The molecular formula is C16H31N3. The first-order valence-corrected chi connectivity index (χ1v) is 7.55. The molecule has 0 aliphatic carbocycles. The molecule has 0 saturated carbocycles. The van der Waals surface area contributed by atoms with Gasteiger partial charge in [-0.2, -0.15) is 5.10 Å². The maximum Gasteiger partial charge on any atom is 0.0537 e. The lowest BCUT2D eigenvalue weighted by molar-refractivity contribution is 0.279. The van der Waals surface area contributed by atoms with Crippen molar-refractivity contribution in [1.29, 1.82) is 0 Å². The number of rotatable bonds is 7. The molecule has 3 nitrogen and oxygen atoms in total. The van der Waals surface area contributed by atoms with Gasteiger partial charge in [0.05, 0.1) is 6.20 Å². The summed E-state index contributed by atoms with van der Waals surface area (Å²) in [5.74, 6) is 0.715. The molecule has 0 bridgehead atoms. The lowest BCUT2D eigenvalue weighted by Crippen LogP contribution is -2.21. The predicted molar refractivity (Wildman–Crippen MR) is 82.2 cm³/mol. The Balaban J connectivity index is 2.61. The van der Waals surface area contributed by atoms with Crippen LogP contribution < -0.4 is 5.32 Å². The summed E-state index contributed by atoms with van der Waals surface area (Å²) in [5, 5.41) is 7.87. The molecule has 0 saturated heterocycles. The zero-order valence-electron chi connectivity index (χ0n) is 13.5. The van der Waals surface area contributed by atoms with E-state index in [0.29, 0.717) is 17.4 Å². The number of hydrogen-bond donors (Lipinski definition) is 1. The third-order valence-electron chi connectivity index (χ3n) is 3.46. The molecule has 0 aliphatic heterocycles. The highest BCUT2D eigenvalue weighted by atomic mass is 15.3. The van der Waals surface area contributed by atoms with Crippen LogP contribution in [0.3, 0.4) is 0 Å². The van der Waals surface area contributed by atoms with E-state index in [0.717, 1.165) is 13.0 Å². The van der Waals surface area contributed by atoms with Crippen molar-refractivity contribution in [3.05, 3.63) is 18.0 Å². The quantitative estimate of drug-likeness (QED) is 0.807. The summed E-state index contributed by atoms with van der Waals surface area (Å²) < 4.78 is 2.05. The van der Waals surface area contributed by atoms with Crippen LogP contribution in [0.25, 0.3) is 0 Å². The summed E-state index contributed by atoms with van der Waals surface area (Å²) >= 11 is 0. The molecule has 2 atom stereocenters. The molecular weight excluding hydrogens is 234 g/mol. The number of nitrogens with one attached hydrogen (secondary N) is 1. The highest BCUT2D eigenvalue weighted by Gasteiger charge is 2.20. The number of hydrogen-bond acceptors (Lipinski definition) is 2. The van der Waals surface area contributed by atoms with Crippen LogP contribution in [0.15, 0.2) is 12.4 Å². The molecule has 1 N–H and O–H groups in total. The van der Waals surface area contributed by atoms with E-state index < -0.39 is 0 Å². The van der Waals surface area contributed by atoms with Gasteiger partial charge in [-0.05, 0) is 37.6 Å². The van der Waals surface area contributed by atoms with E-state index in [1.807, 2.05) is 17.9 Å². The van der Waals surface area contributed by atoms with Crippen molar-refractivity contribution in [1.82, 2.24) is 15.1 Å². The molecule has 2 unspecified atom stereocenters. The summed E-state index contributed by atoms with van der Waals surface area (Å²) in [4.78, 5) is 0. The second-order valence-corrected chi connectivity index (χ2v) is 6.98. The van der Waals surface area contributed by atoms with E-state index in [9.17, 15) is 0 Å². The van der Waals surface area contributed by atoms with Crippen molar-refractivity contribution < 1.29 is 0 Å². The second-order valence-electron chi connectivity index (χ2n) is 6.98. The van der Waals surface area contributed by atoms with Gasteiger partial charge in [-0.25, -0.2) is 0 Å². The largest absolute Gasteiger partial charge is 0.313 e. The molecule has 0 spiro atoms. The molecule has 0 amide bonds. The van der Waals surface area contributed by atoms with E-state index in [-0.39, 0.29) is 0 Å². The third kappa shape index (κ3) is 5.77. The van der Waals surface area contributed by atoms with Crippen molar-refractivity contribution in [2.75, 3.05) is 7.05 Å². The van der Waals surface area contributed by atoms with Gasteiger partial charge in [0, 0.05) is 24.3 Å². The summed E-state index contributed by atoms with van der Waals surface area (Å²) in [6.45, 7) is 12.5. The van der Waals surface area contributed by atoms with Gasteiger partial charge in [-0.15, -0.1) is 0 Å². The van der Waals surface area contributed by atoms with Crippen LogP contribution in [0.2, 0.25) is 0 Å². The Labute approximate surface area is 118 Å². The summed E-state index contributed by atoms with van der Waals surface area (Å²) in [5.41, 5.74) is 1.72. The Kier molecular flexibility index (Phi) is 6.05. The van der Waals surface area contributed by atoms with Gasteiger partial charge in [0.15, 0.2) is 0 Å². The summed E-state index contributed by atoms with van der Waals surface area (Å²) in [6, 6.07) is 0.419. The third-order valence-corrected chi connectivity index (χ3v) is 3.46. The Morgan fingerprint density at radius 3 is 2.58 bits per heavy atom. The fraction of sp³-hybridized carbons (Fsp3) is 0.812. The molecule has 3 heteroatoms. The fourth-order valence-corrected chi connectivity index (χ4v) is 2.86. The normalized spacial score (nSPS) is 15.5. The Morgan fingerprint density at radius 2 is 2.05 bits per heavy atom. The highest BCUT2D eigenvalue weighted by molar-refractivity contribution is 5.10. The van der Waals surface area contributed by atoms with Gasteiger partial charge >= 0.3 is 0 Å². The van der Waals surface area contributed by atoms with Crippen molar-refractivity contribution in [2.45, 2.75) is 66.5 Å². The number of aryl methyl sites for hydroxylation is 1. The predicted octanol–water partition coefficient (Wildman–Crippen LogP) is 4.02. The molecule has 110 valence electrons. The second kappa shape index (κ2) is 7.09. The van der Waals surface area contributed by atoms with Crippen LogP contribution in [-0.4, -0.2) is 16.8 Å². The van der Waals surface area contributed by atoms with Crippen LogP contribution in [0.4, 0.5) is 0 Å². The lowest BCUT2D eigenvalue weighted by atomic mass is 9.82. The van der Waals surface area contributed by atoms with Crippen molar-refractivity contribution >= 4 is 0 Å². The van der Waals surface area contributed by atoms with Crippen molar-refractivity contribution in [2.24, 2.45) is 11.3 Å². The summed E-state index contributed by atoms with van der Waals surface area (Å²) in [6.07, 6.45) is 7.76. The molecule has 1 aromatic rings. The minimum Gasteiger partial charge on any atom is -0.313 e. The smallest absolute Gasteiger partial charge is 0.0537 e. The first kappa shape index (κ1) is 16.2. The van der Waals surface area contributed by atoms with Crippen LogP contribution in [-0.2, 0) is 6.54 Å². The summed E-state index contributed by atoms with van der Waals surface area (Å²) in [7, 11) is 2.05. The van der Waals surface area contributed by atoms with E-state index in [1.54, 1.807) is 0 Å². The standard InChI is InChI=1S/C16H31N3/c1-7-8-19-12-14(11-18-19)15(17-6)9-13(2)10-16(3,4)5/h11-13,15,17H,7-10H2,1-6H3. The maximum atomic E-state index is 4.43. The molecule has 1 heterocycles. The highest BCUT2D eigenvalue weighted by Crippen LogP contribution is 2.30.